The van der Waals surface area contributed by atoms with E-state index in [1.165, 1.54) is 0 Å². The van der Waals surface area contributed by atoms with Crippen LogP contribution < -0.4 is 5.32 Å². The molecular weight excluding hydrogens is 217 g/mol. The van der Waals surface area contributed by atoms with Gasteiger partial charge >= 0.3 is 0 Å². The molecule has 2 nitrogen and oxygen atoms in total. The topological polar surface area (TPSA) is 29.1 Å². The van der Waals surface area contributed by atoms with Gasteiger partial charge in [-0.1, -0.05) is 6.92 Å². The first-order valence-corrected chi connectivity index (χ1v) is 3.74. The highest BCUT2D eigenvalue weighted by Crippen LogP contribution is 1.88. The molecule has 0 aliphatic heterocycles. The Labute approximate surface area is 63.2 Å². The van der Waals surface area contributed by atoms with E-state index < -0.39 is 0 Å². The summed E-state index contributed by atoms with van der Waals surface area (Å²) in [5, 5.41) is 3.05. The van der Waals surface area contributed by atoms with Crippen LogP contribution in [-0.4, -0.2) is 16.9 Å². The van der Waals surface area contributed by atoms with Crippen molar-refractivity contribution in [2.45, 2.75) is 13.3 Å². The second kappa shape index (κ2) is 5.50. The third kappa shape index (κ3) is 6.36. The van der Waals surface area contributed by atoms with Gasteiger partial charge in [-0.25, -0.2) is 0 Å². The molecule has 0 spiro atoms. The Kier molecular flexibility index (Phi) is 5.74. The van der Waals surface area contributed by atoms with Crippen molar-refractivity contribution in [1.29, 1.82) is 0 Å². The molecule has 0 amide bonds. The van der Waals surface area contributed by atoms with Crippen LogP contribution in [0.4, 0.5) is 0 Å². The summed E-state index contributed by atoms with van der Waals surface area (Å²) in [6.45, 7) is 3.79. The molecule has 8 heavy (non-hydrogen) atoms. The number of rotatable bonds is 4. The number of halogens is 1. The maximum absolute atomic E-state index is 10.3. The van der Waals surface area contributed by atoms with E-state index in [4.69, 9.17) is 0 Å². The van der Waals surface area contributed by atoms with Gasteiger partial charge in [0.1, 0.15) is 0 Å². The van der Waals surface area contributed by atoms with E-state index in [2.05, 4.69) is 5.32 Å². The Morgan fingerprint density at radius 3 is 2.75 bits per heavy atom. The minimum absolute atomic E-state index is 0.226. The second-order valence-corrected chi connectivity index (χ2v) is 2.66. The SMILES string of the molecule is CCNCCC(=O)I. The van der Waals surface area contributed by atoms with Crippen molar-refractivity contribution < 1.29 is 4.79 Å². The number of nitrogens with one attached hydrogen (secondary N) is 1. The molecule has 3 heteroatoms. The molecule has 0 rings (SSSR count). The number of carbonyl (C=O) groups excluding carboxylic acids is 1. The molecule has 0 atom stereocenters. The monoisotopic (exact) mass is 227 g/mol. The standard InChI is InChI=1S/C5H10INO/c1-2-7-4-3-5(6)8/h7H,2-4H2,1H3. The van der Waals surface area contributed by atoms with Crippen LogP contribution in [-0.2, 0) is 4.79 Å². The van der Waals surface area contributed by atoms with Crippen molar-refractivity contribution in [1.82, 2.24) is 5.32 Å². The smallest absolute Gasteiger partial charge is 0.193 e. The molecule has 0 aliphatic carbocycles. The van der Waals surface area contributed by atoms with E-state index in [1.807, 2.05) is 6.92 Å². The molecule has 0 aromatic carbocycles. The van der Waals surface area contributed by atoms with Crippen LogP contribution >= 0.6 is 22.6 Å². The van der Waals surface area contributed by atoms with Crippen molar-refractivity contribution in [2.24, 2.45) is 0 Å². The zero-order valence-corrected chi connectivity index (χ0v) is 7.07. The molecule has 0 aromatic rings. The molecule has 0 bridgehead atoms. The normalized spacial score (nSPS) is 9.25. The van der Waals surface area contributed by atoms with Gasteiger partial charge in [0.25, 0.3) is 0 Å². The Morgan fingerprint density at radius 1 is 1.75 bits per heavy atom. The van der Waals surface area contributed by atoms with Crippen LogP contribution in [0.25, 0.3) is 0 Å². The molecule has 0 saturated carbocycles. The highest BCUT2D eigenvalue weighted by atomic mass is 127. The van der Waals surface area contributed by atoms with Gasteiger partial charge in [-0.3, -0.25) is 4.79 Å². The molecule has 1 N–H and O–H groups in total. The van der Waals surface area contributed by atoms with Gasteiger partial charge in [0.2, 0.25) is 0 Å². The van der Waals surface area contributed by atoms with Crippen LogP contribution in [0.3, 0.4) is 0 Å². The summed E-state index contributed by atoms with van der Waals surface area (Å²) < 4.78 is 0.226. The van der Waals surface area contributed by atoms with Gasteiger partial charge in [-0.2, -0.15) is 0 Å². The Morgan fingerprint density at radius 2 is 2.38 bits per heavy atom. The van der Waals surface area contributed by atoms with Crippen LogP contribution in [0.15, 0.2) is 0 Å². The first-order chi connectivity index (χ1) is 3.77. The van der Waals surface area contributed by atoms with Gasteiger partial charge in [0.15, 0.2) is 3.79 Å². The molecule has 0 fully saturated rings. The molecule has 0 saturated heterocycles. The average molecular weight is 227 g/mol. The highest BCUT2D eigenvalue weighted by Gasteiger charge is 1.90. The molecule has 0 aromatic heterocycles. The summed E-state index contributed by atoms with van der Waals surface area (Å²) >= 11 is 1.80. The van der Waals surface area contributed by atoms with Crippen molar-refractivity contribution >= 4 is 26.4 Å². The summed E-state index contributed by atoms with van der Waals surface area (Å²) in [5.41, 5.74) is 0. The summed E-state index contributed by atoms with van der Waals surface area (Å²) in [4.78, 5) is 10.3. The predicted octanol–water partition coefficient (Wildman–Crippen LogP) is 0.948. The zero-order valence-electron chi connectivity index (χ0n) is 4.91. The summed E-state index contributed by atoms with van der Waals surface area (Å²) in [6.07, 6.45) is 0.647. The third-order valence-electron chi connectivity index (χ3n) is 0.748. The van der Waals surface area contributed by atoms with Gasteiger partial charge < -0.3 is 5.32 Å². The van der Waals surface area contributed by atoms with Crippen LogP contribution in [0, 0.1) is 0 Å². The van der Waals surface area contributed by atoms with E-state index in [0.29, 0.717) is 6.42 Å². The van der Waals surface area contributed by atoms with Crippen LogP contribution in [0.5, 0.6) is 0 Å². The fourth-order valence-corrected chi connectivity index (χ4v) is 0.633. The van der Waals surface area contributed by atoms with Gasteiger partial charge in [0.05, 0.1) is 0 Å². The summed E-state index contributed by atoms with van der Waals surface area (Å²) in [6, 6.07) is 0. The maximum Gasteiger partial charge on any atom is 0.193 e. The van der Waals surface area contributed by atoms with E-state index >= 15 is 0 Å². The van der Waals surface area contributed by atoms with E-state index in [1.54, 1.807) is 22.6 Å². The van der Waals surface area contributed by atoms with Crippen molar-refractivity contribution in [2.75, 3.05) is 13.1 Å². The second-order valence-electron chi connectivity index (χ2n) is 1.46. The van der Waals surface area contributed by atoms with Crippen LogP contribution in [0.2, 0.25) is 0 Å². The fraction of sp³-hybridized carbons (Fsp3) is 0.800. The number of hydrogen-bond acceptors (Lipinski definition) is 2. The Balaban J connectivity index is 2.82. The van der Waals surface area contributed by atoms with E-state index in [9.17, 15) is 4.79 Å². The highest BCUT2D eigenvalue weighted by molar-refractivity contribution is 14.1. The van der Waals surface area contributed by atoms with Crippen molar-refractivity contribution in [3.8, 4) is 0 Å². The summed E-state index contributed by atoms with van der Waals surface area (Å²) in [5.74, 6) is 0. The fourth-order valence-electron chi connectivity index (χ4n) is 0.363. The zero-order chi connectivity index (χ0) is 6.41. The Bertz CT molecular complexity index is 74.8. The third-order valence-corrected chi connectivity index (χ3v) is 1.29. The van der Waals surface area contributed by atoms with Gasteiger partial charge in [0, 0.05) is 13.0 Å². The summed E-state index contributed by atoms with van der Waals surface area (Å²) in [7, 11) is 0. The molecule has 48 valence electrons. The van der Waals surface area contributed by atoms with E-state index in [0.717, 1.165) is 13.1 Å². The largest absolute Gasteiger partial charge is 0.317 e. The van der Waals surface area contributed by atoms with Gasteiger partial charge in [-0.15, -0.1) is 0 Å². The molecule has 0 aliphatic rings. The lowest BCUT2D eigenvalue weighted by Gasteiger charge is -1.94. The minimum atomic E-state index is 0.226. The predicted molar refractivity (Wildman–Crippen MR) is 42.2 cm³/mol. The van der Waals surface area contributed by atoms with Crippen molar-refractivity contribution in [3.63, 3.8) is 0 Å². The van der Waals surface area contributed by atoms with Crippen molar-refractivity contribution in [3.05, 3.63) is 0 Å². The first-order valence-electron chi connectivity index (χ1n) is 2.66. The lowest BCUT2D eigenvalue weighted by Crippen LogP contribution is -2.15. The number of carbonyl (C=O) groups is 1. The lowest BCUT2D eigenvalue weighted by molar-refractivity contribution is -0.109. The molecule has 0 heterocycles. The minimum Gasteiger partial charge on any atom is -0.317 e. The van der Waals surface area contributed by atoms with Gasteiger partial charge in [-0.05, 0) is 29.1 Å². The van der Waals surface area contributed by atoms with Crippen LogP contribution in [0.1, 0.15) is 13.3 Å². The molecular formula is C5H10INO. The van der Waals surface area contributed by atoms with E-state index in [-0.39, 0.29) is 3.79 Å². The number of hydrogen-bond donors (Lipinski definition) is 1. The lowest BCUT2D eigenvalue weighted by atomic mass is 10.5. The molecule has 0 unspecified atom stereocenters. The molecule has 0 radical (unpaired) electrons. The first kappa shape index (κ1) is 8.36. The Hall–Kier alpha value is 0.360. The average Bonchev–Trinajstić information content (AvgIpc) is 1.66. The maximum atomic E-state index is 10.3. The quantitative estimate of drug-likeness (QED) is 0.440.